The molecule has 3 aliphatic heterocycles. The number of amides is 1. The highest BCUT2D eigenvalue weighted by atomic mass is 32.1. The van der Waals surface area contributed by atoms with E-state index in [4.69, 9.17) is 0 Å². The molecule has 3 fully saturated rings. The molecule has 0 aliphatic carbocycles. The number of hydrogen-bond acceptors (Lipinski definition) is 5. The Balaban J connectivity index is 1.42. The van der Waals surface area contributed by atoms with E-state index in [1.807, 2.05) is 6.20 Å². The van der Waals surface area contributed by atoms with Gasteiger partial charge in [0.15, 0.2) is 5.13 Å². The molecule has 23 heavy (non-hydrogen) atoms. The first-order chi connectivity index (χ1) is 11.2. The summed E-state index contributed by atoms with van der Waals surface area (Å²) in [5.74, 6) is 0.387. The van der Waals surface area contributed by atoms with Crippen molar-refractivity contribution >= 4 is 22.4 Å². The van der Waals surface area contributed by atoms with Gasteiger partial charge in [-0.3, -0.25) is 4.79 Å². The van der Waals surface area contributed by atoms with Crippen LogP contribution in [0.1, 0.15) is 32.1 Å². The van der Waals surface area contributed by atoms with Crippen LogP contribution in [0, 0.1) is 5.41 Å². The van der Waals surface area contributed by atoms with Crippen molar-refractivity contribution in [3.8, 4) is 0 Å². The Labute approximate surface area is 142 Å². The molecule has 3 saturated heterocycles. The van der Waals surface area contributed by atoms with Gasteiger partial charge in [-0.2, -0.15) is 0 Å². The molecule has 0 radical (unpaired) electrons. The van der Waals surface area contributed by atoms with Gasteiger partial charge >= 0.3 is 0 Å². The Kier molecular flexibility index (Phi) is 4.05. The molecule has 6 heteroatoms. The molecule has 5 nitrogen and oxygen atoms in total. The third kappa shape index (κ3) is 2.98. The van der Waals surface area contributed by atoms with Gasteiger partial charge in [-0.25, -0.2) is 4.98 Å². The highest BCUT2D eigenvalue weighted by Crippen LogP contribution is 2.42. The second-order valence-electron chi connectivity index (χ2n) is 7.53. The molecule has 126 valence electrons. The number of likely N-dealkylation sites (tertiary alicyclic amines) is 2. The third-order valence-electron chi connectivity index (χ3n) is 6.02. The topological polar surface area (TPSA) is 39.7 Å². The fourth-order valence-electron chi connectivity index (χ4n) is 4.50. The van der Waals surface area contributed by atoms with Crippen molar-refractivity contribution < 1.29 is 4.79 Å². The molecular weight excluding hydrogens is 308 g/mol. The van der Waals surface area contributed by atoms with Crippen LogP contribution in [0.15, 0.2) is 11.6 Å². The molecule has 1 aromatic rings. The normalized spacial score (nSPS) is 28.7. The van der Waals surface area contributed by atoms with Crippen molar-refractivity contribution in [2.45, 2.75) is 38.1 Å². The van der Waals surface area contributed by atoms with E-state index in [-0.39, 0.29) is 0 Å². The van der Waals surface area contributed by atoms with Crippen LogP contribution in [-0.4, -0.2) is 66.5 Å². The number of nitrogens with zero attached hydrogens (tertiary/aromatic N) is 4. The van der Waals surface area contributed by atoms with Gasteiger partial charge in [-0.15, -0.1) is 11.3 Å². The quantitative estimate of drug-likeness (QED) is 0.830. The van der Waals surface area contributed by atoms with Crippen molar-refractivity contribution in [1.82, 2.24) is 14.8 Å². The first kappa shape index (κ1) is 15.4. The molecule has 4 heterocycles. The molecule has 1 amide bonds. The predicted molar refractivity (Wildman–Crippen MR) is 92.8 cm³/mol. The van der Waals surface area contributed by atoms with E-state index in [1.165, 1.54) is 12.8 Å². The second-order valence-corrected chi connectivity index (χ2v) is 8.40. The van der Waals surface area contributed by atoms with Gasteiger partial charge < -0.3 is 14.7 Å². The third-order valence-corrected chi connectivity index (χ3v) is 6.85. The summed E-state index contributed by atoms with van der Waals surface area (Å²) in [5, 5.41) is 3.21. The van der Waals surface area contributed by atoms with Crippen molar-refractivity contribution in [2.75, 3.05) is 44.7 Å². The maximum absolute atomic E-state index is 12.5. The maximum Gasteiger partial charge on any atom is 0.222 e. The van der Waals surface area contributed by atoms with E-state index in [1.54, 1.807) is 11.3 Å². The largest absolute Gasteiger partial charge is 0.348 e. The summed E-state index contributed by atoms with van der Waals surface area (Å²) in [4.78, 5) is 23.9. The highest BCUT2D eigenvalue weighted by molar-refractivity contribution is 7.13. The van der Waals surface area contributed by atoms with Gasteiger partial charge in [0.25, 0.3) is 0 Å². The zero-order chi connectivity index (χ0) is 15.9. The smallest absolute Gasteiger partial charge is 0.222 e. The molecule has 0 bridgehead atoms. The van der Waals surface area contributed by atoms with E-state index < -0.39 is 0 Å². The number of anilines is 1. The Morgan fingerprint density at radius 2 is 2.09 bits per heavy atom. The summed E-state index contributed by atoms with van der Waals surface area (Å²) in [6.07, 6.45) is 7.25. The second kappa shape index (κ2) is 6.06. The van der Waals surface area contributed by atoms with E-state index in [0.717, 1.165) is 57.1 Å². The summed E-state index contributed by atoms with van der Waals surface area (Å²) in [6, 6.07) is 0.446. The molecule has 1 aromatic heterocycles. The lowest BCUT2D eigenvalue weighted by atomic mass is 9.72. The number of carbonyl (C=O) groups is 1. The van der Waals surface area contributed by atoms with Gasteiger partial charge in [0, 0.05) is 50.2 Å². The Morgan fingerprint density at radius 1 is 1.26 bits per heavy atom. The van der Waals surface area contributed by atoms with Crippen LogP contribution in [0.4, 0.5) is 5.13 Å². The van der Waals surface area contributed by atoms with Crippen molar-refractivity contribution in [3.63, 3.8) is 0 Å². The molecular formula is C17H26N4OS. The van der Waals surface area contributed by atoms with Crippen LogP contribution in [0.25, 0.3) is 0 Å². The van der Waals surface area contributed by atoms with Gasteiger partial charge in [0.05, 0.1) is 0 Å². The summed E-state index contributed by atoms with van der Waals surface area (Å²) < 4.78 is 0. The lowest BCUT2D eigenvalue weighted by Gasteiger charge is -2.49. The number of aromatic nitrogens is 1. The monoisotopic (exact) mass is 334 g/mol. The fourth-order valence-corrected chi connectivity index (χ4v) is 5.19. The number of carbonyl (C=O) groups excluding carboxylic acids is 1. The van der Waals surface area contributed by atoms with Crippen LogP contribution < -0.4 is 4.90 Å². The maximum atomic E-state index is 12.5. The number of thiazole rings is 1. The highest BCUT2D eigenvalue weighted by Gasteiger charge is 2.43. The zero-order valence-electron chi connectivity index (χ0n) is 13.9. The molecule has 0 aromatic carbocycles. The van der Waals surface area contributed by atoms with Crippen molar-refractivity contribution in [2.24, 2.45) is 5.41 Å². The molecule has 0 unspecified atom stereocenters. The standard InChI is InChI=1S/C17H26N4OS/c1-19-8-3-14(12-19)21-13-17(4-2-15(21)22)5-9-20(10-6-17)16-18-7-11-23-16/h7,11,14H,2-6,8-10,12-13H2,1H3/t14-/m1/s1. The molecule has 0 saturated carbocycles. The average Bonchev–Trinajstić information content (AvgIpc) is 3.22. The lowest BCUT2D eigenvalue weighted by molar-refractivity contribution is -0.141. The number of rotatable bonds is 2. The lowest BCUT2D eigenvalue weighted by Crippen LogP contribution is -2.54. The van der Waals surface area contributed by atoms with Crippen molar-refractivity contribution in [1.29, 1.82) is 0 Å². The number of likely N-dealkylation sites (N-methyl/N-ethyl adjacent to an activating group) is 1. The van der Waals surface area contributed by atoms with Gasteiger partial charge in [-0.05, 0) is 44.7 Å². The van der Waals surface area contributed by atoms with E-state index in [2.05, 4.69) is 32.1 Å². The summed E-state index contributed by atoms with van der Waals surface area (Å²) in [7, 11) is 2.16. The van der Waals surface area contributed by atoms with Crippen LogP contribution in [0.5, 0.6) is 0 Å². The first-order valence-electron chi connectivity index (χ1n) is 8.78. The number of hydrogen-bond donors (Lipinski definition) is 0. The summed E-state index contributed by atoms with van der Waals surface area (Å²) in [5.41, 5.74) is 0.350. The summed E-state index contributed by atoms with van der Waals surface area (Å²) >= 11 is 1.73. The average molecular weight is 334 g/mol. The predicted octanol–water partition coefficient (Wildman–Crippen LogP) is 2.06. The molecule has 1 atom stereocenters. The van der Waals surface area contributed by atoms with Crippen LogP contribution in [-0.2, 0) is 4.79 Å². The van der Waals surface area contributed by atoms with E-state index in [0.29, 0.717) is 17.4 Å². The van der Waals surface area contributed by atoms with Gasteiger partial charge in [0.1, 0.15) is 0 Å². The van der Waals surface area contributed by atoms with E-state index >= 15 is 0 Å². The number of piperidine rings is 2. The fraction of sp³-hybridized carbons (Fsp3) is 0.765. The van der Waals surface area contributed by atoms with Gasteiger partial charge in [-0.1, -0.05) is 0 Å². The molecule has 1 spiro atoms. The van der Waals surface area contributed by atoms with Crippen molar-refractivity contribution in [3.05, 3.63) is 11.6 Å². The SMILES string of the molecule is CN1CC[C@@H](N2CC3(CCC2=O)CCN(c2nccs2)CC3)C1. The van der Waals surface area contributed by atoms with Crippen LogP contribution in [0.2, 0.25) is 0 Å². The molecule has 0 N–H and O–H groups in total. The molecule has 3 aliphatic rings. The minimum atomic E-state index is 0.350. The van der Waals surface area contributed by atoms with E-state index in [9.17, 15) is 4.79 Å². The Hall–Kier alpha value is -1.14. The zero-order valence-corrected chi connectivity index (χ0v) is 14.7. The summed E-state index contributed by atoms with van der Waals surface area (Å²) in [6.45, 7) is 5.32. The Bertz CT molecular complexity index is 553. The minimum Gasteiger partial charge on any atom is -0.348 e. The minimum absolute atomic E-state index is 0.350. The van der Waals surface area contributed by atoms with Crippen LogP contribution >= 0.6 is 11.3 Å². The van der Waals surface area contributed by atoms with Gasteiger partial charge in [0.2, 0.25) is 5.91 Å². The Morgan fingerprint density at radius 3 is 2.74 bits per heavy atom. The molecule has 4 rings (SSSR count). The first-order valence-corrected chi connectivity index (χ1v) is 9.66. The van der Waals surface area contributed by atoms with Crippen LogP contribution in [0.3, 0.4) is 0 Å².